The number of nitrogens with zero attached hydrogens (tertiary/aromatic N) is 5. The van der Waals surface area contributed by atoms with Crippen LogP contribution in [0.25, 0.3) is 0 Å². The fourth-order valence-electron chi connectivity index (χ4n) is 2.47. The molecular weight excluding hydrogens is 320 g/mol. The minimum Gasteiger partial charge on any atom is -0.493 e. The van der Waals surface area contributed by atoms with Crippen molar-refractivity contribution in [2.75, 3.05) is 46.0 Å². The molecule has 0 aliphatic rings. The molecule has 8 nitrogen and oxygen atoms in total. The van der Waals surface area contributed by atoms with E-state index in [1.807, 2.05) is 46.3 Å². The Morgan fingerprint density at radius 1 is 1.08 bits per heavy atom. The zero-order chi connectivity index (χ0) is 18.6. The van der Waals surface area contributed by atoms with Crippen molar-refractivity contribution in [1.82, 2.24) is 19.9 Å². The molecule has 8 heteroatoms. The first-order chi connectivity index (χ1) is 11.9. The fraction of sp³-hybridized carbons (Fsp3) is 0.471. The lowest BCUT2D eigenvalue weighted by Crippen LogP contribution is -2.25. The van der Waals surface area contributed by atoms with Crippen molar-refractivity contribution in [3.63, 3.8) is 0 Å². The van der Waals surface area contributed by atoms with Gasteiger partial charge in [0, 0.05) is 26.2 Å². The van der Waals surface area contributed by atoms with E-state index in [1.54, 1.807) is 19.1 Å². The first-order valence-corrected chi connectivity index (χ1v) is 7.96. The molecule has 2 aromatic rings. The number of nitrogen functional groups attached to an aromatic ring is 1. The summed E-state index contributed by atoms with van der Waals surface area (Å²) < 4.78 is 10.9. The van der Waals surface area contributed by atoms with E-state index in [-0.39, 0.29) is 12.0 Å². The topological polar surface area (TPSA) is 89.6 Å². The van der Waals surface area contributed by atoms with Crippen LogP contribution in [0, 0.1) is 0 Å². The van der Waals surface area contributed by atoms with Gasteiger partial charge in [-0.25, -0.2) is 0 Å². The van der Waals surface area contributed by atoms with E-state index in [2.05, 4.69) is 19.9 Å². The average molecular weight is 346 g/mol. The molecule has 0 spiro atoms. The van der Waals surface area contributed by atoms with Gasteiger partial charge in [-0.3, -0.25) is 4.90 Å². The maximum absolute atomic E-state index is 5.83. The Morgan fingerprint density at radius 2 is 1.80 bits per heavy atom. The average Bonchev–Trinajstić information content (AvgIpc) is 2.59. The van der Waals surface area contributed by atoms with Crippen molar-refractivity contribution < 1.29 is 9.47 Å². The number of benzene rings is 1. The second kappa shape index (κ2) is 7.98. The van der Waals surface area contributed by atoms with E-state index in [4.69, 9.17) is 15.2 Å². The van der Waals surface area contributed by atoms with Crippen LogP contribution in [0.3, 0.4) is 0 Å². The van der Waals surface area contributed by atoms with Gasteiger partial charge in [-0.05, 0) is 20.0 Å². The predicted molar refractivity (Wildman–Crippen MR) is 98.0 cm³/mol. The van der Waals surface area contributed by atoms with Gasteiger partial charge in [-0.15, -0.1) is 0 Å². The van der Waals surface area contributed by atoms with Gasteiger partial charge < -0.3 is 20.1 Å². The van der Waals surface area contributed by atoms with Gasteiger partial charge in [0.05, 0.1) is 20.3 Å². The summed E-state index contributed by atoms with van der Waals surface area (Å²) in [4.78, 5) is 16.8. The number of anilines is 2. The van der Waals surface area contributed by atoms with Crippen LogP contribution in [0.4, 0.5) is 11.9 Å². The molecule has 2 N–H and O–H groups in total. The molecule has 136 valence electrons. The summed E-state index contributed by atoms with van der Waals surface area (Å²) in [5.74, 6) is 2.82. The van der Waals surface area contributed by atoms with Crippen molar-refractivity contribution >= 4 is 11.9 Å². The van der Waals surface area contributed by atoms with E-state index in [0.29, 0.717) is 24.1 Å². The molecule has 0 unspecified atom stereocenters. The van der Waals surface area contributed by atoms with Crippen LogP contribution in [0.1, 0.15) is 24.4 Å². The van der Waals surface area contributed by atoms with Gasteiger partial charge in [-0.1, -0.05) is 12.1 Å². The van der Waals surface area contributed by atoms with Crippen LogP contribution < -0.4 is 20.1 Å². The van der Waals surface area contributed by atoms with Gasteiger partial charge in [-0.2, -0.15) is 15.0 Å². The van der Waals surface area contributed by atoms with Crippen LogP contribution in [0.15, 0.2) is 18.2 Å². The zero-order valence-corrected chi connectivity index (χ0v) is 15.6. The third-order valence-corrected chi connectivity index (χ3v) is 4.00. The third-order valence-electron chi connectivity index (χ3n) is 4.00. The Labute approximate surface area is 148 Å². The first-order valence-electron chi connectivity index (χ1n) is 7.96. The lowest BCUT2D eigenvalue weighted by atomic mass is 10.1. The molecule has 0 aliphatic heterocycles. The molecule has 1 heterocycles. The van der Waals surface area contributed by atoms with Crippen LogP contribution in [-0.2, 0) is 6.54 Å². The number of para-hydroxylation sites is 1. The number of nitrogens with two attached hydrogens (primary N) is 1. The van der Waals surface area contributed by atoms with Crippen LogP contribution in [-0.4, -0.2) is 55.2 Å². The summed E-state index contributed by atoms with van der Waals surface area (Å²) in [5, 5.41) is 0. The Morgan fingerprint density at radius 3 is 2.40 bits per heavy atom. The lowest BCUT2D eigenvalue weighted by Gasteiger charge is -2.25. The highest BCUT2D eigenvalue weighted by atomic mass is 16.5. The molecular formula is C17H26N6O2. The normalized spacial score (nSPS) is 12.1. The van der Waals surface area contributed by atoms with Gasteiger partial charge in [0.15, 0.2) is 17.3 Å². The predicted octanol–water partition coefficient (Wildman–Crippen LogP) is 1.73. The Kier molecular flexibility index (Phi) is 5.97. The van der Waals surface area contributed by atoms with Crippen LogP contribution >= 0.6 is 0 Å². The van der Waals surface area contributed by atoms with E-state index in [9.17, 15) is 0 Å². The van der Waals surface area contributed by atoms with Crippen molar-refractivity contribution in [2.24, 2.45) is 0 Å². The van der Waals surface area contributed by atoms with Crippen molar-refractivity contribution in [3.8, 4) is 11.5 Å². The largest absolute Gasteiger partial charge is 0.493 e. The number of aromatic nitrogens is 3. The molecule has 1 atom stereocenters. The molecule has 0 aliphatic carbocycles. The van der Waals surface area contributed by atoms with Gasteiger partial charge in [0.25, 0.3) is 0 Å². The number of methoxy groups -OCH3 is 2. The number of hydrogen-bond acceptors (Lipinski definition) is 8. The monoisotopic (exact) mass is 346 g/mol. The summed E-state index contributed by atoms with van der Waals surface area (Å²) in [5.41, 5.74) is 6.85. The van der Waals surface area contributed by atoms with Gasteiger partial charge in [0.2, 0.25) is 11.9 Å². The molecule has 1 aromatic carbocycles. The minimum atomic E-state index is -0.0556. The fourth-order valence-corrected chi connectivity index (χ4v) is 2.47. The minimum absolute atomic E-state index is 0.0556. The summed E-state index contributed by atoms with van der Waals surface area (Å²) in [6.07, 6.45) is 0. The highest BCUT2D eigenvalue weighted by molar-refractivity contribution is 5.46. The molecule has 0 bridgehead atoms. The molecule has 25 heavy (non-hydrogen) atoms. The second-order valence-corrected chi connectivity index (χ2v) is 5.99. The zero-order valence-electron chi connectivity index (χ0n) is 15.6. The molecule has 0 saturated heterocycles. The van der Waals surface area contributed by atoms with Gasteiger partial charge in [0.1, 0.15) is 0 Å². The van der Waals surface area contributed by atoms with E-state index in [1.165, 1.54) is 0 Å². The van der Waals surface area contributed by atoms with E-state index >= 15 is 0 Å². The summed E-state index contributed by atoms with van der Waals surface area (Å²) in [6.45, 7) is 2.67. The Balaban J connectivity index is 2.25. The maximum Gasteiger partial charge on any atom is 0.229 e. The molecule has 0 amide bonds. The molecule has 0 saturated carbocycles. The van der Waals surface area contributed by atoms with E-state index < -0.39 is 0 Å². The Bertz CT molecular complexity index is 722. The smallest absolute Gasteiger partial charge is 0.229 e. The summed E-state index contributed by atoms with van der Waals surface area (Å²) >= 11 is 0. The highest BCUT2D eigenvalue weighted by Crippen LogP contribution is 2.32. The standard InChI is InChI=1S/C17H26N6O2/c1-11(15-19-16(18)21-17(20-15)22(2)3)23(4)10-12-8-7-9-13(24-5)14(12)25-6/h7-9,11H,10H2,1-6H3,(H2,18,19,20,21)/t11-/m0/s1. The van der Waals surface area contributed by atoms with Crippen molar-refractivity contribution in [2.45, 2.75) is 19.5 Å². The third kappa shape index (κ3) is 4.27. The van der Waals surface area contributed by atoms with Crippen molar-refractivity contribution in [1.29, 1.82) is 0 Å². The Hall–Kier alpha value is -2.61. The molecule has 1 aromatic heterocycles. The van der Waals surface area contributed by atoms with Crippen molar-refractivity contribution in [3.05, 3.63) is 29.6 Å². The van der Waals surface area contributed by atoms with E-state index in [0.717, 1.165) is 11.3 Å². The number of rotatable bonds is 7. The number of hydrogen-bond donors (Lipinski definition) is 1. The lowest BCUT2D eigenvalue weighted by molar-refractivity contribution is 0.238. The molecule has 0 radical (unpaired) electrons. The summed E-state index contributed by atoms with van der Waals surface area (Å²) in [6, 6.07) is 5.78. The van der Waals surface area contributed by atoms with Crippen LogP contribution in [0.2, 0.25) is 0 Å². The highest BCUT2D eigenvalue weighted by Gasteiger charge is 2.20. The first kappa shape index (κ1) is 18.7. The maximum atomic E-state index is 5.83. The molecule has 0 fully saturated rings. The molecule has 2 rings (SSSR count). The van der Waals surface area contributed by atoms with Crippen LogP contribution in [0.5, 0.6) is 11.5 Å². The van der Waals surface area contributed by atoms with Gasteiger partial charge >= 0.3 is 0 Å². The quantitative estimate of drug-likeness (QED) is 0.811. The SMILES string of the molecule is COc1cccc(CN(C)[C@@H](C)c2nc(N)nc(N(C)C)n2)c1OC. The number of ether oxygens (including phenoxy) is 2. The summed E-state index contributed by atoms with van der Waals surface area (Å²) in [7, 11) is 9.01. The second-order valence-electron chi connectivity index (χ2n) is 5.99.